The van der Waals surface area contributed by atoms with Crippen molar-refractivity contribution in [3.05, 3.63) is 104 Å². The van der Waals surface area contributed by atoms with E-state index in [1.54, 1.807) is 28.1 Å². The second kappa shape index (κ2) is 10.4. The molecule has 3 heterocycles. The first kappa shape index (κ1) is 23.3. The number of hydrogen-bond acceptors (Lipinski definition) is 5. The van der Waals surface area contributed by atoms with E-state index >= 15 is 0 Å². The number of aromatic nitrogens is 3. The van der Waals surface area contributed by atoms with Crippen LogP contribution in [0.1, 0.15) is 11.1 Å². The van der Waals surface area contributed by atoms with Crippen LogP contribution < -0.4 is 10.6 Å². The van der Waals surface area contributed by atoms with Gasteiger partial charge in [0.25, 0.3) is 0 Å². The highest BCUT2D eigenvalue weighted by molar-refractivity contribution is 9.10. The molecule has 0 saturated heterocycles. The molecule has 0 fully saturated rings. The second-order valence-electron chi connectivity index (χ2n) is 7.66. The molecular formula is C26H19BrClN5OS. The average molecular weight is 565 g/mol. The number of thiophene rings is 1. The number of rotatable bonds is 7. The van der Waals surface area contributed by atoms with E-state index in [0.717, 1.165) is 38.4 Å². The number of nitrogens with one attached hydrogen (secondary N) is 2. The third kappa shape index (κ3) is 5.45. The molecule has 0 spiro atoms. The summed E-state index contributed by atoms with van der Waals surface area (Å²) in [5.41, 5.74) is 5.09. The normalized spacial score (nSPS) is 11.3. The maximum atomic E-state index is 12.2. The van der Waals surface area contributed by atoms with Gasteiger partial charge in [0.1, 0.15) is 5.82 Å². The lowest BCUT2D eigenvalue weighted by molar-refractivity contribution is -0.111. The highest BCUT2D eigenvalue weighted by atomic mass is 79.9. The maximum Gasteiger partial charge on any atom is 0.248 e. The van der Waals surface area contributed by atoms with Crippen molar-refractivity contribution in [2.75, 3.05) is 10.6 Å². The van der Waals surface area contributed by atoms with Gasteiger partial charge in [0.2, 0.25) is 5.91 Å². The molecule has 9 heteroatoms. The molecule has 5 aromatic rings. The van der Waals surface area contributed by atoms with E-state index in [1.807, 2.05) is 71.4 Å². The van der Waals surface area contributed by atoms with Crippen molar-refractivity contribution in [3.63, 3.8) is 0 Å². The topological polar surface area (TPSA) is 71.3 Å². The molecule has 0 radical (unpaired) electrons. The molecule has 35 heavy (non-hydrogen) atoms. The van der Waals surface area contributed by atoms with Gasteiger partial charge in [-0.25, -0.2) is 4.98 Å². The Morgan fingerprint density at radius 3 is 2.74 bits per heavy atom. The van der Waals surface area contributed by atoms with Crippen molar-refractivity contribution in [1.29, 1.82) is 0 Å². The van der Waals surface area contributed by atoms with Crippen LogP contribution in [0.4, 0.5) is 11.5 Å². The highest BCUT2D eigenvalue weighted by Crippen LogP contribution is 2.30. The van der Waals surface area contributed by atoms with E-state index < -0.39 is 0 Å². The van der Waals surface area contributed by atoms with Gasteiger partial charge < -0.3 is 10.6 Å². The Labute approximate surface area is 219 Å². The van der Waals surface area contributed by atoms with Crippen molar-refractivity contribution in [3.8, 4) is 11.3 Å². The quantitative estimate of drug-likeness (QED) is 0.206. The summed E-state index contributed by atoms with van der Waals surface area (Å²) >= 11 is 11.5. The SMILES string of the molecule is O=C(/C=C/c1ccsc1)Nc1ccc(CNc2cc(-c3ccccc3Cl)nc3c(Br)cnn23)cc1. The van der Waals surface area contributed by atoms with Crippen LogP contribution in [0.5, 0.6) is 0 Å². The average Bonchev–Trinajstić information content (AvgIpc) is 3.52. The Hall–Kier alpha value is -3.46. The summed E-state index contributed by atoms with van der Waals surface area (Å²) in [5.74, 6) is 0.615. The van der Waals surface area contributed by atoms with Crippen LogP contribution in [0.15, 0.2) is 88.2 Å². The standard InChI is InChI=1S/C26H19BrClN5OS/c27-21-15-30-33-24(13-23(32-26(21)33)20-3-1-2-4-22(20)28)29-14-17-5-8-19(9-6-17)31-25(34)10-7-18-11-12-35-16-18/h1-13,15-16,29H,14H2,(H,31,34)/b10-7+. The van der Waals surface area contributed by atoms with Crippen molar-refractivity contribution >= 4 is 68.0 Å². The summed E-state index contributed by atoms with van der Waals surface area (Å²) in [4.78, 5) is 16.9. The fourth-order valence-corrected chi connectivity index (χ4v) is 4.70. The Morgan fingerprint density at radius 1 is 1.14 bits per heavy atom. The third-order valence-corrected chi connectivity index (χ3v) is 6.83. The van der Waals surface area contributed by atoms with Crippen LogP contribution in [-0.4, -0.2) is 20.5 Å². The van der Waals surface area contributed by atoms with E-state index in [2.05, 4.69) is 31.7 Å². The first-order valence-electron chi connectivity index (χ1n) is 10.7. The lowest BCUT2D eigenvalue weighted by Crippen LogP contribution is -2.08. The lowest BCUT2D eigenvalue weighted by atomic mass is 10.1. The number of halogens is 2. The monoisotopic (exact) mass is 563 g/mol. The largest absolute Gasteiger partial charge is 0.366 e. The molecule has 1 amide bonds. The minimum Gasteiger partial charge on any atom is -0.366 e. The van der Waals surface area contributed by atoms with Crippen molar-refractivity contribution in [2.45, 2.75) is 6.54 Å². The van der Waals surface area contributed by atoms with Crippen LogP contribution in [0.3, 0.4) is 0 Å². The number of anilines is 2. The summed E-state index contributed by atoms with van der Waals surface area (Å²) < 4.78 is 2.54. The molecule has 0 saturated carbocycles. The minimum absolute atomic E-state index is 0.169. The Bertz CT molecular complexity index is 1510. The summed E-state index contributed by atoms with van der Waals surface area (Å²) in [5, 5.41) is 15.3. The number of carbonyl (C=O) groups is 1. The van der Waals surface area contributed by atoms with Gasteiger partial charge in [0.05, 0.1) is 16.4 Å². The number of carbonyl (C=O) groups excluding carboxylic acids is 1. The zero-order valence-electron chi connectivity index (χ0n) is 18.3. The van der Waals surface area contributed by atoms with Crippen LogP contribution in [0.25, 0.3) is 23.0 Å². The Morgan fingerprint density at radius 2 is 1.97 bits per heavy atom. The highest BCUT2D eigenvalue weighted by Gasteiger charge is 2.13. The van der Waals surface area contributed by atoms with E-state index in [0.29, 0.717) is 17.2 Å². The van der Waals surface area contributed by atoms with E-state index in [1.165, 1.54) is 6.08 Å². The first-order chi connectivity index (χ1) is 17.1. The molecule has 0 aliphatic heterocycles. The molecule has 0 atom stereocenters. The maximum absolute atomic E-state index is 12.2. The van der Waals surface area contributed by atoms with Gasteiger partial charge in [-0.2, -0.15) is 21.0 Å². The van der Waals surface area contributed by atoms with E-state index in [4.69, 9.17) is 16.6 Å². The summed E-state index contributed by atoms with van der Waals surface area (Å²) in [6.07, 6.45) is 5.04. The number of fused-ring (bicyclic) bond motifs is 1. The smallest absolute Gasteiger partial charge is 0.248 e. The Kier molecular flexibility index (Phi) is 6.94. The third-order valence-electron chi connectivity index (χ3n) is 5.24. The van der Waals surface area contributed by atoms with Gasteiger partial charge in [-0.3, -0.25) is 4.79 Å². The van der Waals surface area contributed by atoms with Gasteiger partial charge in [0, 0.05) is 35.0 Å². The molecule has 174 valence electrons. The fraction of sp³-hybridized carbons (Fsp3) is 0.0385. The molecule has 2 aromatic carbocycles. The molecule has 6 nitrogen and oxygen atoms in total. The summed E-state index contributed by atoms with van der Waals surface area (Å²) in [6, 6.07) is 19.2. The lowest BCUT2D eigenvalue weighted by Gasteiger charge is -2.12. The van der Waals surface area contributed by atoms with Crippen molar-refractivity contribution in [2.24, 2.45) is 0 Å². The number of amides is 1. The zero-order valence-corrected chi connectivity index (χ0v) is 21.4. The van der Waals surface area contributed by atoms with E-state index in [9.17, 15) is 4.79 Å². The molecule has 3 aromatic heterocycles. The molecule has 2 N–H and O–H groups in total. The summed E-state index contributed by atoms with van der Waals surface area (Å²) in [7, 11) is 0. The van der Waals surface area contributed by atoms with Gasteiger partial charge >= 0.3 is 0 Å². The number of nitrogens with zero attached hydrogens (tertiary/aromatic N) is 3. The molecule has 0 bridgehead atoms. The van der Waals surface area contributed by atoms with Gasteiger partial charge in [-0.1, -0.05) is 41.9 Å². The molecular weight excluding hydrogens is 546 g/mol. The second-order valence-corrected chi connectivity index (χ2v) is 9.71. The first-order valence-corrected chi connectivity index (χ1v) is 12.8. The molecule has 5 rings (SSSR count). The van der Waals surface area contributed by atoms with Crippen LogP contribution >= 0.6 is 38.9 Å². The van der Waals surface area contributed by atoms with E-state index in [-0.39, 0.29) is 5.91 Å². The van der Waals surface area contributed by atoms with Crippen molar-refractivity contribution < 1.29 is 4.79 Å². The Balaban J connectivity index is 1.30. The fourth-order valence-electron chi connectivity index (χ4n) is 3.49. The number of hydrogen-bond donors (Lipinski definition) is 2. The molecule has 0 unspecified atom stereocenters. The summed E-state index contributed by atoms with van der Waals surface area (Å²) in [6.45, 7) is 0.560. The van der Waals surface area contributed by atoms with Gasteiger partial charge in [-0.05, 0) is 68.2 Å². The molecule has 0 aliphatic rings. The minimum atomic E-state index is -0.169. The van der Waals surface area contributed by atoms with Crippen LogP contribution in [-0.2, 0) is 11.3 Å². The zero-order chi connectivity index (χ0) is 24.2. The van der Waals surface area contributed by atoms with Crippen LogP contribution in [0.2, 0.25) is 5.02 Å². The van der Waals surface area contributed by atoms with Crippen molar-refractivity contribution in [1.82, 2.24) is 14.6 Å². The van der Waals surface area contributed by atoms with Gasteiger partial charge in [-0.15, -0.1) is 0 Å². The van der Waals surface area contributed by atoms with Crippen LogP contribution in [0, 0.1) is 0 Å². The molecule has 0 aliphatic carbocycles. The predicted octanol–water partition coefficient (Wildman–Crippen LogP) is 7.14. The number of benzene rings is 2. The van der Waals surface area contributed by atoms with Gasteiger partial charge in [0.15, 0.2) is 5.65 Å². The predicted molar refractivity (Wildman–Crippen MR) is 147 cm³/mol.